The molecule has 3 N–H and O–H groups in total. The third-order valence-corrected chi connectivity index (χ3v) is 2.68. The van der Waals surface area contributed by atoms with Crippen molar-refractivity contribution >= 4 is 5.91 Å². The van der Waals surface area contributed by atoms with E-state index in [0.29, 0.717) is 19.1 Å². The van der Waals surface area contributed by atoms with Crippen LogP contribution in [0.1, 0.15) is 34.1 Å². The van der Waals surface area contributed by atoms with Crippen LogP contribution in [0.5, 0.6) is 0 Å². The first-order chi connectivity index (χ1) is 8.36. The van der Waals surface area contributed by atoms with Crippen LogP contribution in [-0.4, -0.2) is 49.5 Å². The molecule has 18 heavy (non-hydrogen) atoms. The second kappa shape index (κ2) is 9.30. The first-order valence-electron chi connectivity index (χ1n) is 6.61. The summed E-state index contributed by atoms with van der Waals surface area (Å²) in [4.78, 5) is 11.2. The van der Waals surface area contributed by atoms with E-state index in [1.165, 1.54) is 0 Å². The zero-order chi connectivity index (χ0) is 14.1. The van der Waals surface area contributed by atoms with Crippen LogP contribution in [0.2, 0.25) is 0 Å². The van der Waals surface area contributed by atoms with Gasteiger partial charge in [-0.1, -0.05) is 13.8 Å². The number of nitrogens with one attached hydrogen (secondary N) is 2. The summed E-state index contributed by atoms with van der Waals surface area (Å²) in [6, 6.07) is -0.308. The van der Waals surface area contributed by atoms with Crippen molar-refractivity contribution in [3.05, 3.63) is 0 Å². The maximum atomic E-state index is 11.2. The number of ether oxygens (including phenoxy) is 1. The van der Waals surface area contributed by atoms with Crippen LogP contribution in [0.25, 0.3) is 0 Å². The molecule has 0 aromatic carbocycles. The Morgan fingerprint density at radius 2 is 1.89 bits per heavy atom. The van der Waals surface area contributed by atoms with Crippen molar-refractivity contribution in [3.8, 4) is 0 Å². The zero-order valence-electron chi connectivity index (χ0n) is 12.2. The minimum Gasteiger partial charge on any atom is -0.389 e. The number of aliphatic hydroxyl groups is 1. The van der Waals surface area contributed by atoms with Crippen LogP contribution in [0.3, 0.4) is 0 Å². The van der Waals surface area contributed by atoms with Crippen molar-refractivity contribution in [2.75, 3.05) is 20.2 Å². The summed E-state index contributed by atoms with van der Waals surface area (Å²) in [5, 5.41) is 15.2. The molecule has 0 aliphatic carbocycles. The van der Waals surface area contributed by atoms with E-state index in [1.54, 1.807) is 14.0 Å². The Morgan fingerprint density at radius 1 is 1.28 bits per heavy atom. The van der Waals surface area contributed by atoms with E-state index in [4.69, 9.17) is 4.74 Å². The van der Waals surface area contributed by atoms with E-state index in [9.17, 15) is 9.90 Å². The van der Waals surface area contributed by atoms with Crippen LogP contribution in [0, 0.1) is 5.92 Å². The molecule has 3 unspecified atom stereocenters. The molecule has 0 heterocycles. The number of carbonyl (C=O) groups is 1. The molecule has 0 rings (SSSR count). The fraction of sp³-hybridized carbons (Fsp3) is 0.923. The average Bonchev–Trinajstić information content (AvgIpc) is 2.31. The van der Waals surface area contributed by atoms with Gasteiger partial charge in [-0.3, -0.25) is 4.79 Å². The lowest BCUT2D eigenvalue weighted by atomic mass is 10.1. The number of aliphatic hydroxyl groups excluding tert-OH is 1. The van der Waals surface area contributed by atoms with Crippen molar-refractivity contribution in [1.82, 2.24) is 10.6 Å². The van der Waals surface area contributed by atoms with Gasteiger partial charge in [0.1, 0.15) is 0 Å². The fourth-order valence-electron chi connectivity index (χ4n) is 1.69. The summed E-state index contributed by atoms with van der Waals surface area (Å²) in [6.07, 6.45) is 0.539. The number of hydrogen-bond donors (Lipinski definition) is 3. The van der Waals surface area contributed by atoms with E-state index < -0.39 is 6.10 Å². The Labute approximate surface area is 110 Å². The van der Waals surface area contributed by atoms with Crippen LogP contribution in [0.4, 0.5) is 0 Å². The number of amides is 1. The van der Waals surface area contributed by atoms with Crippen molar-refractivity contribution in [1.29, 1.82) is 0 Å². The quantitative estimate of drug-likeness (QED) is 0.565. The molecule has 0 saturated heterocycles. The average molecular weight is 260 g/mol. The minimum atomic E-state index is -0.591. The topological polar surface area (TPSA) is 70.6 Å². The summed E-state index contributed by atoms with van der Waals surface area (Å²) < 4.78 is 5.54. The van der Waals surface area contributed by atoms with Crippen molar-refractivity contribution in [3.63, 3.8) is 0 Å². The molecule has 0 aliphatic rings. The van der Waals surface area contributed by atoms with E-state index in [-0.39, 0.29) is 18.1 Å². The second-order valence-electron chi connectivity index (χ2n) is 5.17. The van der Waals surface area contributed by atoms with E-state index in [1.807, 2.05) is 6.92 Å². The van der Waals surface area contributed by atoms with Crippen molar-refractivity contribution in [2.45, 2.75) is 52.4 Å². The Morgan fingerprint density at radius 3 is 2.39 bits per heavy atom. The lowest BCUT2D eigenvalue weighted by Crippen LogP contribution is -2.44. The van der Waals surface area contributed by atoms with Gasteiger partial charge in [-0.2, -0.15) is 0 Å². The van der Waals surface area contributed by atoms with Crippen LogP contribution in [-0.2, 0) is 9.53 Å². The molecular weight excluding hydrogens is 232 g/mol. The van der Waals surface area contributed by atoms with Gasteiger partial charge in [-0.25, -0.2) is 0 Å². The standard InChI is InChI=1S/C13H28N2O3/c1-9(2)6-10(3)18-8-12(16)7-15-11(4)13(17)14-5/h9-12,15-16H,6-8H2,1-5H3,(H,14,17). The Kier molecular flexibility index (Phi) is 8.97. The normalized spacial score (nSPS) is 16.4. The minimum absolute atomic E-state index is 0.0868. The highest BCUT2D eigenvalue weighted by Crippen LogP contribution is 2.07. The third kappa shape index (κ3) is 8.44. The van der Waals surface area contributed by atoms with E-state index in [2.05, 4.69) is 24.5 Å². The molecular formula is C13H28N2O3. The number of likely N-dealkylation sites (N-methyl/N-ethyl adjacent to an activating group) is 1. The predicted molar refractivity (Wildman–Crippen MR) is 72.4 cm³/mol. The molecule has 3 atom stereocenters. The predicted octanol–water partition coefficient (Wildman–Crippen LogP) is 0.523. The summed E-state index contributed by atoms with van der Waals surface area (Å²) in [5.41, 5.74) is 0. The molecule has 0 radical (unpaired) electrons. The molecule has 0 fully saturated rings. The molecule has 5 heteroatoms. The van der Waals surface area contributed by atoms with Crippen LogP contribution < -0.4 is 10.6 Å². The highest BCUT2D eigenvalue weighted by atomic mass is 16.5. The molecule has 0 aromatic rings. The smallest absolute Gasteiger partial charge is 0.236 e. The lowest BCUT2D eigenvalue weighted by molar-refractivity contribution is -0.122. The van der Waals surface area contributed by atoms with Crippen molar-refractivity contribution in [2.24, 2.45) is 5.92 Å². The number of carbonyl (C=O) groups excluding carboxylic acids is 1. The van der Waals surface area contributed by atoms with E-state index >= 15 is 0 Å². The van der Waals surface area contributed by atoms with Crippen LogP contribution >= 0.6 is 0 Å². The van der Waals surface area contributed by atoms with Gasteiger partial charge in [0.25, 0.3) is 0 Å². The molecule has 1 amide bonds. The molecule has 108 valence electrons. The highest BCUT2D eigenvalue weighted by molar-refractivity contribution is 5.80. The molecule has 5 nitrogen and oxygen atoms in total. The van der Waals surface area contributed by atoms with Crippen LogP contribution in [0.15, 0.2) is 0 Å². The molecule has 0 bridgehead atoms. The van der Waals surface area contributed by atoms with Gasteiger partial charge in [0.2, 0.25) is 5.91 Å². The number of hydrogen-bond acceptors (Lipinski definition) is 4. The van der Waals surface area contributed by atoms with Gasteiger partial charge >= 0.3 is 0 Å². The third-order valence-electron chi connectivity index (χ3n) is 2.68. The zero-order valence-corrected chi connectivity index (χ0v) is 12.2. The largest absolute Gasteiger partial charge is 0.389 e. The Hall–Kier alpha value is -0.650. The van der Waals surface area contributed by atoms with Gasteiger partial charge in [-0.15, -0.1) is 0 Å². The molecule has 0 spiro atoms. The summed E-state index contributed by atoms with van der Waals surface area (Å²) >= 11 is 0. The second-order valence-corrected chi connectivity index (χ2v) is 5.17. The lowest BCUT2D eigenvalue weighted by Gasteiger charge is -2.19. The van der Waals surface area contributed by atoms with Gasteiger partial charge in [-0.05, 0) is 26.2 Å². The maximum Gasteiger partial charge on any atom is 0.236 e. The molecule has 0 aromatic heterocycles. The first kappa shape index (κ1) is 17.4. The highest BCUT2D eigenvalue weighted by Gasteiger charge is 2.13. The van der Waals surface area contributed by atoms with Gasteiger partial charge in [0.15, 0.2) is 0 Å². The van der Waals surface area contributed by atoms with Crippen molar-refractivity contribution < 1.29 is 14.6 Å². The Balaban J connectivity index is 3.71. The summed E-state index contributed by atoms with van der Waals surface area (Å²) in [6.45, 7) is 8.69. The molecule has 0 aliphatic heterocycles. The first-order valence-corrected chi connectivity index (χ1v) is 6.61. The SMILES string of the molecule is CNC(=O)C(C)NCC(O)COC(C)CC(C)C. The maximum absolute atomic E-state index is 11.2. The van der Waals surface area contributed by atoms with Gasteiger partial charge in [0.05, 0.1) is 24.9 Å². The molecule has 0 saturated carbocycles. The number of rotatable bonds is 9. The summed E-state index contributed by atoms with van der Waals surface area (Å²) in [7, 11) is 1.59. The summed E-state index contributed by atoms with van der Waals surface area (Å²) in [5.74, 6) is 0.500. The van der Waals surface area contributed by atoms with Gasteiger partial charge in [0, 0.05) is 13.6 Å². The monoisotopic (exact) mass is 260 g/mol. The van der Waals surface area contributed by atoms with Gasteiger partial charge < -0.3 is 20.5 Å². The Bertz CT molecular complexity index is 234. The fourth-order valence-corrected chi connectivity index (χ4v) is 1.69. The van der Waals surface area contributed by atoms with E-state index in [0.717, 1.165) is 6.42 Å².